The minimum atomic E-state index is -0.299. The maximum Gasteiger partial charge on any atom is 0.169 e. The van der Waals surface area contributed by atoms with Crippen LogP contribution in [-0.2, 0) is 6.42 Å². The lowest BCUT2D eigenvalue weighted by Gasteiger charge is -2.09. The van der Waals surface area contributed by atoms with E-state index < -0.39 is 0 Å². The molecule has 0 amide bonds. The van der Waals surface area contributed by atoms with Crippen LogP contribution in [0.3, 0.4) is 0 Å². The van der Waals surface area contributed by atoms with E-state index >= 15 is 0 Å². The molecule has 2 rings (SSSR count). The normalized spacial score (nSPS) is 12.7. The summed E-state index contributed by atoms with van der Waals surface area (Å²) in [5.74, 6) is 0.434. The van der Waals surface area contributed by atoms with Crippen molar-refractivity contribution >= 4 is 43.5 Å². The van der Waals surface area contributed by atoms with Gasteiger partial charge in [-0.2, -0.15) is 0 Å². The molecule has 1 aromatic heterocycles. The first-order valence-corrected chi connectivity index (χ1v) is 6.99. The van der Waals surface area contributed by atoms with Gasteiger partial charge >= 0.3 is 0 Å². The highest BCUT2D eigenvalue weighted by molar-refractivity contribution is 9.10. The first-order valence-electron chi connectivity index (χ1n) is 4.90. The van der Waals surface area contributed by atoms with Gasteiger partial charge in [-0.25, -0.2) is 4.39 Å². The lowest BCUT2D eigenvalue weighted by molar-refractivity contribution is 0.483. The average molecular weight is 382 g/mol. The summed E-state index contributed by atoms with van der Waals surface area (Å²) in [6, 6.07) is 8.30. The maximum atomic E-state index is 13.6. The van der Waals surface area contributed by atoms with Crippen LogP contribution in [-0.4, -0.2) is 0 Å². The standard InChI is InChI=1S/C12H8Br2ClFO/c13-8(11-4-5-12(14)17-11)6-7-9(15)2-1-3-10(7)16/h1-5,8H,6H2. The summed E-state index contributed by atoms with van der Waals surface area (Å²) in [5.41, 5.74) is 0.489. The molecule has 0 aliphatic rings. The fraction of sp³-hybridized carbons (Fsp3) is 0.167. The largest absolute Gasteiger partial charge is 0.453 e. The molecule has 0 bridgehead atoms. The van der Waals surface area contributed by atoms with E-state index in [2.05, 4.69) is 31.9 Å². The second-order valence-electron chi connectivity index (χ2n) is 3.51. The molecular formula is C12H8Br2ClFO. The van der Waals surface area contributed by atoms with Crippen LogP contribution >= 0.6 is 43.5 Å². The monoisotopic (exact) mass is 380 g/mol. The molecule has 1 unspecified atom stereocenters. The SMILES string of the molecule is Fc1cccc(Cl)c1CC(Br)c1ccc(Br)o1. The van der Waals surface area contributed by atoms with Crippen molar-refractivity contribution in [1.82, 2.24) is 0 Å². The zero-order chi connectivity index (χ0) is 12.4. The molecule has 0 saturated carbocycles. The number of furan rings is 1. The van der Waals surface area contributed by atoms with E-state index in [1.807, 2.05) is 6.07 Å². The lowest BCUT2D eigenvalue weighted by Crippen LogP contribution is -1.98. The molecule has 1 atom stereocenters. The summed E-state index contributed by atoms with van der Waals surface area (Å²) in [6.45, 7) is 0. The van der Waals surface area contributed by atoms with Gasteiger partial charge in [0.1, 0.15) is 11.6 Å². The third-order valence-corrected chi connectivity index (χ3v) is 3.90. The van der Waals surface area contributed by atoms with E-state index in [9.17, 15) is 4.39 Å². The number of hydrogen-bond donors (Lipinski definition) is 0. The summed E-state index contributed by atoms with van der Waals surface area (Å²) < 4.78 is 19.6. The first kappa shape index (κ1) is 13.1. The highest BCUT2D eigenvalue weighted by Gasteiger charge is 2.16. The Kier molecular flexibility index (Phi) is 4.28. The van der Waals surface area contributed by atoms with Gasteiger partial charge in [0.05, 0.1) is 4.83 Å². The molecule has 1 nitrogen and oxygen atoms in total. The molecule has 90 valence electrons. The van der Waals surface area contributed by atoms with Crippen LogP contribution in [0.25, 0.3) is 0 Å². The van der Waals surface area contributed by atoms with Gasteiger partial charge in [0.15, 0.2) is 4.67 Å². The molecule has 0 aliphatic carbocycles. The summed E-state index contributed by atoms with van der Waals surface area (Å²) in [7, 11) is 0. The third-order valence-electron chi connectivity index (χ3n) is 2.35. The smallest absolute Gasteiger partial charge is 0.169 e. The Hall–Kier alpha value is -0.320. The summed E-state index contributed by atoms with van der Waals surface area (Å²) in [6.07, 6.45) is 0.436. The van der Waals surface area contributed by atoms with E-state index in [0.717, 1.165) is 5.76 Å². The van der Waals surface area contributed by atoms with Crippen molar-refractivity contribution < 1.29 is 8.81 Å². The molecule has 17 heavy (non-hydrogen) atoms. The molecule has 0 N–H and O–H groups in total. The van der Waals surface area contributed by atoms with Gasteiger partial charge in [-0.05, 0) is 46.6 Å². The molecule has 5 heteroatoms. The van der Waals surface area contributed by atoms with Crippen molar-refractivity contribution in [3.63, 3.8) is 0 Å². The molecular weight excluding hydrogens is 374 g/mol. The van der Waals surface area contributed by atoms with Gasteiger partial charge in [0.2, 0.25) is 0 Å². The Morgan fingerprint density at radius 3 is 2.65 bits per heavy atom. The highest BCUT2D eigenvalue weighted by Crippen LogP contribution is 2.33. The summed E-state index contributed by atoms with van der Waals surface area (Å²) in [4.78, 5) is -0.108. The fourth-order valence-corrected chi connectivity index (χ4v) is 2.63. The van der Waals surface area contributed by atoms with Crippen LogP contribution in [0.4, 0.5) is 4.39 Å². The zero-order valence-corrected chi connectivity index (χ0v) is 12.5. The van der Waals surface area contributed by atoms with E-state index in [0.29, 0.717) is 21.7 Å². The van der Waals surface area contributed by atoms with Gasteiger partial charge in [0.25, 0.3) is 0 Å². The maximum absolute atomic E-state index is 13.6. The lowest BCUT2D eigenvalue weighted by atomic mass is 10.1. The molecule has 1 heterocycles. The van der Waals surface area contributed by atoms with Crippen LogP contribution < -0.4 is 0 Å². The second-order valence-corrected chi connectivity index (χ2v) is 5.81. The van der Waals surface area contributed by atoms with Crippen molar-refractivity contribution in [2.75, 3.05) is 0 Å². The average Bonchev–Trinajstić information content (AvgIpc) is 2.70. The number of rotatable bonds is 3. The summed E-state index contributed by atoms with van der Waals surface area (Å²) >= 11 is 12.7. The molecule has 0 spiro atoms. The Morgan fingerprint density at radius 1 is 1.29 bits per heavy atom. The van der Waals surface area contributed by atoms with Crippen LogP contribution in [0.5, 0.6) is 0 Å². The van der Waals surface area contributed by atoms with Crippen LogP contribution in [0.1, 0.15) is 16.2 Å². The second kappa shape index (κ2) is 5.55. The van der Waals surface area contributed by atoms with Gasteiger partial charge in [-0.15, -0.1) is 0 Å². The van der Waals surface area contributed by atoms with E-state index in [4.69, 9.17) is 16.0 Å². The van der Waals surface area contributed by atoms with Gasteiger partial charge in [-0.3, -0.25) is 0 Å². The van der Waals surface area contributed by atoms with E-state index in [1.54, 1.807) is 18.2 Å². The van der Waals surface area contributed by atoms with Crippen molar-refractivity contribution in [3.05, 3.63) is 57.2 Å². The predicted octanol–water partition coefficient (Wildman–Crippen LogP) is 5.51. The number of benzene rings is 1. The third kappa shape index (κ3) is 3.12. The van der Waals surface area contributed by atoms with Crippen molar-refractivity contribution in [1.29, 1.82) is 0 Å². The van der Waals surface area contributed by atoms with Gasteiger partial charge in [-0.1, -0.05) is 33.6 Å². The number of hydrogen-bond acceptors (Lipinski definition) is 1. The molecule has 0 saturated heterocycles. The molecule has 1 aromatic carbocycles. The van der Waals surface area contributed by atoms with E-state index in [-0.39, 0.29) is 10.6 Å². The fourth-order valence-electron chi connectivity index (χ4n) is 1.50. The summed E-state index contributed by atoms with van der Waals surface area (Å²) in [5, 5.41) is 0.431. The van der Waals surface area contributed by atoms with Crippen molar-refractivity contribution in [2.45, 2.75) is 11.2 Å². The van der Waals surface area contributed by atoms with Crippen LogP contribution in [0.2, 0.25) is 5.02 Å². The van der Waals surface area contributed by atoms with Gasteiger partial charge < -0.3 is 4.42 Å². The predicted molar refractivity (Wildman–Crippen MR) is 73.2 cm³/mol. The zero-order valence-electron chi connectivity index (χ0n) is 8.59. The van der Waals surface area contributed by atoms with Crippen molar-refractivity contribution in [2.24, 2.45) is 0 Å². The molecule has 0 aliphatic heterocycles. The minimum Gasteiger partial charge on any atom is -0.453 e. The van der Waals surface area contributed by atoms with Crippen molar-refractivity contribution in [3.8, 4) is 0 Å². The molecule has 0 radical (unpaired) electrons. The number of halogens is 4. The molecule has 2 aromatic rings. The Morgan fingerprint density at radius 2 is 2.06 bits per heavy atom. The molecule has 0 fully saturated rings. The van der Waals surface area contributed by atoms with Crippen LogP contribution in [0.15, 0.2) is 39.4 Å². The van der Waals surface area contributed by atoms with Crippen LogP contribution in [0, 0.1) is 5.82 Å². The van der Waals surface area contributed by atoms with E-state index in [1.165, 1.54) is 6.07 Å². The first-order chi connectivity index (χ1) is 8.08. The number of alkyl halides is 1. The topological polar surface area (TPSA) is 13.1 Å². The highest BCUT2D eigenvalue weighted by atomic mass is 79.9. The Bertz CT molecular complexity index is 507. The van der Waals surface area contributed by atoms with Gasteiger partial charge in [0, 0.05) is 10.6 Å². The Labute approximate surface area is 120 Å². The quantitative estimate of drug-likeness (QED) is 0.638. The Balaban J connectivity index is 2.21. The minimum absolute atomic E-state index is 0.108.